The van der Waals surface area contributed by atoms with Gasteiger partial charge in [-0.25, -0.2) is 8.42 Å². The number of rotatable bonds is 15. The zero-order valence-electron chi connectivity index (χ0n) is 24.9. The van der Waals surface area contributed by atoms with E-state index in [1.165, 1.54) is 16.3 Å². The lowest BCUT2D eigenvalue weighted by Gasteiger charge is -2.32. The van der Waals surface area contributed by atoms with Gasteiger partial charge in [-0.2, -0.15) is 0 Å². The largest absolute Gasteiger partial charge is 0.497 e. The number of nitrogens with one attached hydrogen (secondary N) is 1. The van der Waals surface area contributed by atoms with Crippen molar-refractivity contribution in [3.63, 3.8) is 0 Å². The topological polar surface area (TPSA) is 96.0 Å². The lowest BCUT2D eigenvalue weighted by molar-refractivity contribution is -0.141. The fourth-order valence-corrected chi connectivity index (χ4v) is 6.00. The highest BCUT2D eigenvalue weighted by molar-refractivity contribution is 7.92. The third-order valence-corrected chi connectivity index (χ3v) is 8.61. The summed E-state index contributed by atoms with van der Waals surface area (Å²) in [6.45, 7) is 4.61. The van der Waals surface area contributed by atoms with Crippen molar-refractivity contribution in [2.24, 2.45) is 5.92 Å². The highest BCUT2D eigenvalue weighted by atomic mass is 35.5. The number of ether oxygens (including phenoxy) is 1. The number of halogens is 2. The molecule has 1 N–H and O–H groups in total. The minimum absolute atomic E-state index is 0.0101. The Morgan fingerprint density at radius 1 is 0.977 bits per heavy atom. The molecule has 11 heteroatoms. The molecule has 3 rings (SSSR count). The van der Waals surface area contributed by atoms with Crippen molar-refractivity contribution >= 4 is 50.7 Å². The van der Waals surface area contributed by atoms with Gasteiger partial charge in [0.25, 0.3) is 0 Å². The van der Waals surface area contributed by atoms with Gasteiger partial charge in [-0.15, -0.1) is 0 Å². The second-order valence-corrected chi connectivity index (χ2v) is 13.5. The number of carbonyl (C=O) groups excluding carboxylic acids is 2. The van der Waals surface area contributed by atoms with Gasteiger partial charge in [-0.05, 0) is 59.9 Å². The molecule has 43 heavy (non-hydrogen) atoms. The molecule has 0 fully saturated rings. The van der Waals surface area contributed by atoms with Gasteiger partial charge in [0.15, 0.2) is 0 Å². The summed E-state index contributed by atoms with van der Waals surface area (Å²) in [6, 6.07) is 20.4. The van der Waals surface area contributed by atoms with Crippen LogP contribution in [0.5, 0.6) is 5.75 Å². The van der Waals surface area contributed by atoms with Crippen molar-refractivity contribution < 1.29 is 22.7 Å². The number of sulfonamides is 1. The molecule has 0 spiro atoms. The van der Waals surface area contributed by atoms with E-state index >= 15 is 0 Å². The highest BCUT2D eigenvalue weighted by Crippen LogP contribution is 2.26. The van der Waals surface area contributed by atoms with E-state index in [4.69, 9.17) is 27.9 Å². The number of nitrogens with zero attached hydrogens (tertiary/aromatic N) is 2. The predicted octanol–water partition coefficient (Wildman–Crippen LogP) is 5.96. The van der Waals surface area contributed by atoms with Crippen LogP contribution in [0.3, 0.4) is 0 Å². The molecule has 0 saturated heterocycles. The molecule has 3 aromatic rings. The van der Waals surface area contributed by atoms with Crippen LogP contribution in [0.25, 0.3) is 0 Å². The van der Waals surface area contributed by atoms with Crippen LogP contribution >= 0.6 is 23.2 Å². The summed E-state index contributed by atoms with van der Waals surface area (Å²) >= 11 is 12.6. The fourth-order valence-electron chi connectivity index (χ4n) is 4.56. The first kappa shape index (κ1) is 34.2. The average Bonchev–Trinajstić information content (AvgIpc) is 2.96. The molecule has 0 heterocycles. The van der Waals surface area contributed by atoms with E-state index in [0.29, 0.717) is 40.0 Å². The van der Waals surface area contributed by atoms with Crippen LogP contribution in [-0.4, -0.2) is 57.6 Å². The van der Waals surface area contributed by atoms with E-state index in [1.54, 1.807) is 42.5 Å². The Morgan fingerprint density at radius 3 is 2.23 bits per heavy atom. The molecule has 0 radical (unpaired) electrons. The van der Waals surface area contributed by atoms with E-state index in [9.17, 15) is 18.0 Å². The molecule has 1 atom stereocenters. The van der Waals surface area contributed by atoms with E-state index < -0.39 is 16.1 Å². The summed E-state index contributed by atoms with van der Waals surface area (Å²) in [7, 11) is -2.09. The molecule has 0 aromatic heterocycles. The summed E-state index contributed by atoms with van der Waals surface area (Å²) in [5, 5.41) is 3.83. The first-order valence-electron chi connectivity index (χ1n) is 14.1. The molecule has 1 unspecified atom stereocenters. The van der Waals surface area contributed by atoms with Crippen LogP contribution in [0.4, 0.5) is 5.69 Å². The molecule has 3 aromatic carbocycles. The number of carbonyl (C=O) groups is 2. The van der Waals surface area contributed by atoms with Crippen LogP contribution < -0.4 is 14.4 Å². The summed E-state index contributed by atoms with van der Waals surface area (Å²) < 4.78 is 31.7. The van der Waals surface area contributed by atoms with Gasteiger partial charge >= 0.3 is 0 Å². The first-order valence-corrected chi connectivity index (χ1v) is 16.7. The van der Waals surface area contributed by atoms with E-state index in [1.807, 2.05) is 44.2 Å². The number of hydrogen-bond acceptors (Lipinski definition) is 5. The molecule has 0 bridgehead atoms. The average molecular weight is 649 g/mol. The van der Waals surface area contributed by atoms with E-state index in [0.717, 1.165) is 11.8 Å². The zero-order valence-corrected chi connectivity index (χ0v) is 27.3. The van der Waals surface area contributed by atoms with Crippen LogP contribution in [0.2, 0.25) is 10.0 Å². The fraction of sp³-hybridized carbons (Fsp3) is 0.375. The Morgan fingerprint density at radius 2 is 1.65 bits per heavy atom. The van der Waals surface area contributed by atoms with Crippen molar-refractivity contribution in [1.82, 2.24) is 10.2 Å². The number of benzene rings is 3. The van der Waals surface area contributed by atoms with Crippen molar-refractivity contribution in [2.45, 2.75) is 45.7 Å². The number of hydrogen-bond donors (Lipinski definition) is 1. The number of anilines is 1. The molecule has 0 aliphatic carbocycles. The third-order valence-electron chi connectivity index (χ3n) is 6.82. The van der Waals surface area contributed by atoms with E-state index in [-0.39, 0.29) is 43.7 Å². The van der Waals surface area contributed by atoms with Gasteiger partial charge in [-0.1, -0.05) is 73.4 Å². The summed E-state index contributed by atoms with van der Waals surface area (Å²) in [5.74, 6) is 0.252. The predicted molar refractivity (Wildman–Crippen MR) is 173 cm³/mol. The SMILES string of the molecule is COc1ccc(N(CCCC(=O)N(Cc2ccc(Cl)cc2Cl)C(Cc2ccccc2)C(=O)NCC(C)C)S(C)(=O)=O)cc1. The van der Waals surface area contributed by atoms with Crippen molar-refractivity contribution in [3.05, 3.63) is 94.0 Å². The van der Waals surface area contributed by atoms with Gasteiger partial charge in [0.2, 0.25) is 21.8 Å². The lowest BCUT2D eigenvalue weighted by atomic mass is 10.0. The standard InChI is InChI=1S/C32H39Cl2N3O5S/c1-23(2)21-35-32(39)30(19-24-9-6-5-7-10-24)36(22-25-12-13-26(33)20-29(25)34)31(38)11-8-18-37(43(4,40)41)27-14-16-28(42-3)17-15-27/h5-7,9-10,12-17,20,23,30H,8,11,18-19,21-22H2,1-4H3,(H,35,39). The molecular formula is C32H39Cl2N3O5S. The summed E-state index contributed by atoms with van der Waals surface area (Å²) in [6.07, 6.45) is 1.66. The van der Waals surface area contributed by atoms with Crippen LogP contribution in [0, 0.1) is 5.92 Å². The maximum atomic E-state index is 13.9. The maximum absolute atomic E-state index is 13.9. The normalized spacial score (nSPS) is 12.1. The van der Waals surface area contributed by atoms with Gasteiger partial charge in [0, 0.05) is 42.5 Å². The Balaban J connectivity index is 1.90. The summed E-state index contributed by atoms with van der Waals surface area (Å²) in [5.41, 5.74) is 2.01. The van der Waals surface area contributed by atoms with Gasteiger partial charge in [-0.3, -0.25) is 13.9 Å². The quantitative estimate of drug-likeness (QED) is 0.220. The maximum Gasteiger partial charge on any atom is 0.243 e. The van der Waals surface area contributed by atoms with Gasteiger partial charge < -0.3 is 15.0 Å². The second kappa shape index (κ2) is 16.0. The van der Waals surface area contributed by atoms with Crippen molar-refractivity contribution in [1.29, 1.82) is 0 Å². The third kappa shape index (κ3) is 10.4. The molecule has 2 amide bonds. The minimum Gasteiger partial charge on any atom is -0.497 e. The number of methoxy groups -OCH3 is 1. The first-order chi connectivity index (χ1) is 20.4. The van der Waals surface area contributed by atoms with Crippen molar-refractivity contribution in [3.8, 4) is 5.75 Å². The molecular weight excluding hydrogens is 609 g/mol. The van der Waals surface area contributed by atoms with E-state index in [2.05, 4.69) is 5.32 Å². The van der Waals surface area contributed by atoms with Gasteiger partial charge in [0.05, 0.1) is 19.1 Å². The summed E-state index contributed by atoms with van der Waals surface area (Å²) in [4.78, 5) is 29.1. The van der Waals surface area contributed by atoms with Crippen molar-refractivity contribution in [2.75, 3.05) is 30.8 Å². The van der Waals surface area contributed by atoms with Gasteiger partial charge in [0.1, 0.15) is 11.8 Å². The number of amides is 2. The molecule has 8 nitrogen and oxygen atoms in total. The molecule has 0 aliphatic heterocycles. The second-order valence-electron chi connectivity index (χ2n) is 10.7. The monoisotopic (exact) mass is 647 g/mol. The highest BCUT2D eigenvalue weighted by Gasteiger charge is 2.31. The molecule has 232 valence electrons. The zero-order chi connectivity index (χ0) is 31.6. The Bertz CT molecular complexity index is 1470. The van der Waals surface area contributed by atoms with Crippen LogP contribution in [0.1, 0.15) is 37.8 Å². The minimum atomic E-state index is -3.63. The van der Waals surface area contributed by atoms with Crippen LogP contribution in [-0.2, 0) is 32.6 Å². The molecule has 0 aliphatic rings. The molecule has 0 saturated carbocycles. The van der Waals surface area contributed by atoms with Crippen LogP contribution in [0.15, 0.2) is 72.8 Å². The Hall–Kier alpha value is -3.27. The Labute approximate surface area is 265 Å². The Kier molecular flexibility index (Phi) is 12.7. The lowest BCUT2D eigenvalue weighted by Crippen LogP contribution is -2.51. The smallest absolute Gasteiger partial charge is 0.243 e.